The van der Waals surface area contributed by atoms with Crippen LogP contribution in [0.1, 0.15) is 9.67 Å². The molecular formula is C11H8BrFN2O3S2. The van der Waals surface area contributed by atoms with Crippen LogP contribution < -0.4 is 10.3 Å². The number of thiophene rings is 1. The first-order valence-electron chi connectivity index (χ1n) is 5.21. The van der Waals surface area contributed by atoms with Gasteiger partial charge >= 0.3 is 0 Å². The Hall–Kier alpha value is -1.29. The zero-order valence-corrected chi connectivity index (χ0v) is 13.0. The highest BCUT2D eigenvalue weighted by Gasteiger charge is 2.16. The third-order valence-corrected chi connectivity index (χ3v) is 5.11. The highest BCUT2D eigenvalue weighted by molar-refractivity contribution is 9.11. The van der Waals surface area contributed by atoms with Crippen molar-refractivity contribution in [3.63, 3.8) is 0 Å². The van der Waals surface area contributed by atoms with Crippen molar-refractivity contribution in [3.05, 3.63) is 50.9 Å². The van der Waals surface area contributed by atoms with Gasteiger partial charge in [-0.05, 0) is 52.3 Å². The fraction of sp³-hybridized carbons (Fsp3) is 0. The Labute approximate surface area is 127 Å². The number of benzene rings is 1. The maximum atomic E-state index is 12.7. The highest BCUT2D eigenvalue weighted by Crippen LogP contribution is 2.21. The molecule has 0 aliphatic carbocycles. The summed E-state index contributed by atoms with van der Waals surface area (Å²) in [6.45, 7) is 0. The fourth-order valence-electron chi connectivity index (χ4n) is 1.28. The number of sulfonamides is 1. The van der Waals surface area contributed by atoms with Crippen LogP contribution in [0.2, 0.25) is 0 Å². The molecule has 0 aliphatic heterocycles. The Kier molecular flexibility index (Phi) is 4.53. The molecule has 2 rings (SSSR count). The van der Waals surface area contributed by atoms with Crippen LogP contribution in [0.5, 0.6) is 0 Å². The predicted octanol–water partition coefficient (Wildman–Crippen LogP) is 2.27. The number of halogens is 2. The van der Waals surface area contributed by atoms with Crippen LogP contribution in [-0.4, -0.2) is 14.3 Å². The topological polar surface area (TPSA) is 75.3 Å². The summed E-state index contributed by atoms with van der Waals surface area (Å²) < 4.78 is 37.1. The molecule has 1 aromatic heterocycles. The molecule has 0 saturated heterocycles. The Morgan fingerprint density at radius 1 is 1.15 bits per heavy atom. The van der Waals surface area contributed by atoms with Gasteiger partial charge in [-0.15, -0.1) is 16.2 Å². The molecule has 0 saturated carbocycles. The van der Waals surface area contributed by atoms with E-state index in [0.29, 0.717) is 4.88 Å². The van der Waals surface area contributed by atoms with Gasteiger partial charge in [0.2, 0.25) is 0 Å². The number of hydrogen-bond acceptors (Lipinski definition) is 4. The number of amides is 1. The third-order valence-electron chi connectivity index (χ3n) is 2.22. The molecule has 1 aromatic carbocycles. The Balaban J connectivity index is 2.06. The number of carbonyl (C=O) groups excluding carboxylic acids is 1. The van der Waals surface area contributed by atoms with Crippen LogP contribution in [0.4, 0.5) is 4.39 Å². The minimum atomic E-state index is -3.93. The van der Waals surface area contributed by atoms with E-state index in [4.69, 9.17) is 0 Å². The molecule has 0 atom stereocenters. The molecule has 0 unspecified atom stereocenters. The van der Waals surface area contributed by atoms with Gasteiger partial charge in [0, 0.05) is 0 Å². The summed E-state index contributed by atoms with van der Waals surface area (Å²) in [5.74, 6) is -1.12. The molecule has 106 valence electrons. The number of nitrogens with one attached hydrogen (secondary N) is 2. The average Bonchev–Trinajstić information content (AvgIpc) is 2.83. The van der Waals surface area contributed by atoms with Crippen molar-refractivity contribution < 1.29 is 17.6 Å². The molecule has 2 N–H and O–H groups in total. The van der Waals surface area contributed by atoms with Crippen LogP contribution in [0.3, 0.4) is 0 Å². The van der Waals surface area contributed by atoms with Gasteiger partial charge in [0.1, 0.15) is 5.82 Å². The standard InChI is InChI=1S/C11H8BrFN2O3S2/c12-10-6-5-9(19-10)11(16)14-15-20(17,18)8-3-1-7(13)2-4-8/h1-6,15H,(H,14,16). The first-order valence-corrected chi connectivity index (χ1v) is 8.31. The highest BCUT2D eigenvalue weighted by atomic mass is 79.9. The van der Waals surface area contributed by atoms with Crippen LogP contribution in [-0.2, 0) is 10.0 Å². The van der Waals surface area contributed by atoms with E-state index in [1.165, 1.54) is 0 Å². The quantitative estimate of drug-likeness (QED) is 0.801. The first-order chi connectivity index (χ1) is 9.38. The minimum absolute atomic E-state index is 0.147. The molecule has 9 heteroatoms. The summed E-state index contributed by atoms with van der Waals surface area (Å²) in [7, 11) is -3.93. The van der Waals surface area contributed by atoms with Gasteiger partial charge in [-0.25, -0.2) is 12.8 Å². The number of carbonyl (C=O) groups is 1. The van der Waals surface area contributed by atoms with Gasteiger partial charge < -0.3 is 0 Å². The smallest absolute Gasteiger partial charge is 0.273 e. The average molecular weight is 379 g/mol. The van der Waals surface area contributed by atoms with Gasteiger partial charge in [-0.1, -0.05) is 0 Å². The lowest BCUT2D eigenvalue weighted by Crippen LogP contribution is -2.41. The summed E-state index contributed by atoms with van der Waals surface area (Å²) in [5, 5.41) is 0. The normalized spacial score (nSPS) is 11.3. The summed E-state index contributed by atoms with van der Waals surface area (Å²) >= 11 is 4.36. The molecule has 0 aliphatic rings. The Morgan fingerprint density at radius 2 is 1.80 bits per heavy atom. The maximum Gasteiger partial charge on any atom is 0.276 e. The molecular weight excluding hydrogens is 371 g/mol. The monoisotopic (exact) mass is 378 g/mol. The van der Waals surface area contributed by atoms with E-state index in [-0.39, 0.29) is 4.90 Å². The SMILES string of the molecule is O=C(NNS(=O)(=O)c1ccc(F)cc1)c1ccc(Br)s1. The van der Waals surface area contributed by atoms with Crippen molar-refractivity contribution in [1.29, 1.82) is 0 Å². The summed E-state index contributed by atoms with van der Waals surface area (Å²) in [5.41, 5.74) is 2.08. The minimum Gasteiger partial charge on any atom is -0.273 e. The van der Waals surface area contributed by atoms with E-state index in [0.717, 1.165) is 39.4 Å². The second kappa shape index (κ2) is 6.00. The summed E-state index contributed by atoms with van der Waals surface area (Å²) in [6, 6.07) is 7.47. The molecule has 2 aromatic rings. The van der Waals surface area contributed by atoms with E-state index in [2.05, 4.69) is 21.4 Å². The second-order valence-corrected chi connectivity index (χ2v) is 7.76. The van der Waals surface area contributed by atoms with E-state index < -0.39 is 21.7 Å². The van der Waals surface area contributed by atoms with Crippen LogP contribution in [0, 0.1) is 5.82 Å². The molecule has 1 heterocycles. The van der Waals surface area contributed by atoms with E-state index in [1.54, 1.807) is 12.1 Å². The molecule has 5 nitrogen and oxygen atoms in total. The van der Waals surface area contributed by atoms with Crippen molar-refractivity contribution in [2.24, 2.45) is 0 Å². The molecule has 0 spiro atoms. The number of hydrazine groups is 1. The molecule has 0 radical (unpaired) electrons. The molecule has 0 bridgehead atoms. The van der Waals surface area contributed by atoms with Crippen molar-refractivity contribution in [3.8, 4) is 0 Å². The van der Waals surface area contributed by atoms with E-state index in [1.807, 2.05) is 4.83 Å². The lowest BCUT2D eigenvalue weighted by molar-refractivity contribution is 0.0949. The summed E-state index contributed by atoms with van der Waals surface area (Å²) in [6.07, 6.45) is 0. The lowest BCUT2D eigenvalue weighted by Gasteiger charge is -2.07. The Morgan fingerprint density at radius 3 is 2.35 bits per heavy atom. The van der Waals surface area contributed by atoms with Crippen LogP contribution in [0.15, 0.2) is 45.1 Å². The zero-order chi connectivity index (χ0) is 14.8. The van der Waals surface area contributed by atoms with Crippen molar-refractivity contribution in [2.75, 3.05) is 0 Å². The molecule has 20 heavy (non-hydrogen) atoms. The molecule has 1 amide bonds. The van der Waals surface area contributed by atoms with Gasteiger partial charge in [0.25, 0.3) is 15.9 Å². The van der Waals surface area contributed by atoms with Crippen molar-refractivity contribution in [1.82, 2.24) is 10.3 Å². The number of hydrogen-bond donors (Lipinski definition) is 2. The van der Waals surface area contributed by atoms with Gasteiger partial charge in [-0.2, -0.15) is 0 Å². The third kappa shape index (κ3) is 3.63. The van der Waals surface area contributed by atoms with Crippen LogP contribution >= 0.6 is 27.3 Å². The maximum absolute atomic E-state index is 12.7. The predicted molar refractivity (Wildman–Crippen MR) is 76.2 cm³/mol. The number of rotatable bonds is 4. The zero-order valence-electron chi connectivity index (χ0n) is 9.76. The summed E-state index contributed by atoms with van der Waals surface area (Å²) in [4.78, 5) is 13.8. The first kappa shape index (κ1) is 15.1. The van der Waals surface area contributed by atoms with Gasteiger partial charge in [-0.3, -0.25) is 10.2 Å². The second-order valence-electron chi connectivity index (χ2n) is 3.62. The van der Waals surface area contributed by atoms with Gasteiger partial charge in [0.15, 0.2) is 0 Å². The molecule has 0 fully saturated rings. The van der Waals surface area contributed by atoms with Crippen molar-refractivity contribution in [2.45, 2.75) is 4.90 Å². The van der Waals surface area contributed by atoms with Crippen LogP contribution in [0.25, 0.3) is 0 Å². The van der Waals surface area contributed by atoms with E-state index in [9.17, 15) is 17.6 Å². The van der Waals surface area contributed by atoms with Crippen molar-refractivity contribution >= 4 is 43.2 Å². The lowest BCUT2D eigenvalue weighted by atomic mass is 10.4. The fourth-order valence-corrected chi connectivity index (χ4v) is 3.40. The Bertz CT molecular complexity index is 728. The van der Waals surface area contributed by atoms with Gasteiger partial charge in [0.05, 0.1) is 13.6 Å². The van der Waals surface area contributed by atoms with E-state index >= 15 is 0 Å². The largest absolute Gasteiger partial charge is 0.276 e.